The van der Waals surface area contributed by atoms with E-state index in [1.165, 1.54) is 50.7 Å². The van der Waals surface area contributed by atoms with Gasteiger partial charge in [0.2, 0.25) is 15.9 Å². The van der Waals surface area contributed by atoms with E-state index in [2.05, 4.69) is 5.32 Å². The van der Waals surface area contributed by atoms with E-state index < -0.39 is 26.7 Å². The van der Waals surface area contributed by atoms with E-state index in [-0.39, 0.29) is 31.0 Å². The Morgan fingerprint density at radius 1 is 0.971 bits per heavy atom. The van der Waals surface area contributed by atoms with Gasteiger partial charge >= 0.3 is 6.18 Å². The molecule has 4 saturated carbocycles. The molecule has 1 amide bonds. The molecule has 6 nitrogen and oxygen atoms in total. The highest BCUT2D eigenvalue weighted by molar-refractivity contribution is 7.89. The molecule has 1 aromatic rings. The fourth-order valence-corrected chi connectivity index (χ4v) is 8.88. The van der Waals surface area contributed by atoms with Crippen molar-refractivity contribution in [3.05, 3.63) is 29.8 Å². The third-order valence-electron chi connectivity index (χ3n) is 8.33. The molecule has 10 heteroatoms. The van der Waals surface area contributed by atoms with Crippen molar-refractivity contribution in [3.63, 3.8) is 0 Å². The Labute approximate surface area is 198 Å². The van der Waals surface area contributed by atoms with Gasteiger partial charge in [-0.05, 0) is 73.8 Å². The molecule has 1 N–H and O–H groups in total. The Morgan fingerprint density at radius 3 is 2.09 bits per heavy atom. The zero-order chi connectivity index (χ0) is 24.1. The second kappa shape index (κ2) is 8.78. The number of nitrogens with zero attached hydrogens (tertiary/aromatic N) is 2. The molecule has 0 unspecified atom stereocenters. The van der Waals surface area contributed by atoms with Crippen LogP contribution in [0.4, 0.5) is 13.2 Å². The molecule has 0 aromatic heterocycles. The van der Waals surface area contributed by atoms with Crippen LogP contribution in [0.3, 0.4) is 0 Å². The summed E-state index contributed by atoms with van der Waals surface area (Å²) in [4.78, 5) is 13.8. The average molecular weight is 500 g/mol. The van der Waals surface area contributed by atoms with Crippen LogP contribution < -0.4 is 5.32 Å². The first kappa shape index (κ1) is 24.1. The minimum absolute atomic E-state index is 0.0524. The van der Waals surface area contributed by atoms with Gasteiger partial charge in [0.15, 0.2) is 0 Å². The molecular formula is C24H32F3N3O3S. The molecule has 4 aliphatic carbocycles. The molecule has 4 bridgehead atoms. The number of carbonyl (C=O) groups excluding carboxylic acids is 1. The van der Waals surface area contributed by atoms with Crippen LogP contribution in [0.25, 0.3) is 0 Å². The molecule has 0 spiro atoms. The van der Waals surface area contributed by atoms with E-state index in [1.54, 1.807) is 0 Å². The zero-order valence-electron chi connectivity index (χ0n) is 19.2. The van der Waals surface area contributed by atoms with E-state index >= 15 is 0 Å². The molecule has 5 aliphatic rings. The van der Waals surface area contributed by atoms with Crippen molar-refractivity contribution in [2.75, 3.05) is 39.3 Å². The molecule has 1 aliphatic heterocycles. The maximum absolute atomic E-state index is 13.3. The van der Waals surface area contributed by atoms with Crippen molar-refractivity contribution in [1.82, 2.24) is 14.5 Å². The summed E-state index contributed by atoms with van der Waals surface area (Å²) in [6.07, 6.45) is 2.97. The number of hydrogen-bond donors (Lipinski definition) is 1. The molecule has 0 radical (unpaired) electrons. The predicted octanol–water partition coefficient (Wildman–Crippen LogP) is 3.34. The van der Waals surface area contributed by atoms with Crippen LogP contribution in [0, 0.1) is 23.2 Å². The number of nitrogens with one attached hydrogen (secondary N) is 1. The summed E-state index contributed by atoms with van der Waals surface area (Å²) in [5.74, 6) is 2.40. The summed E-state index contributed by atoms with van der Waals surface area (Å²) in [5.41, 5.74) is -0.898. The summed E-state index contributed by atoms with van der Waals surface area (Å²) >= 11 is 0. The van der Waals surface area contributed by atoms with Gasteiger partial charge in [0.05, 0.1) is 17.0 Å². The topological polar surface area (TPSA) is 69.7 Å². The third kappa shape index (κ3) is 4.73. The number of carbonyl (C=O) groups is 1. The minimum atomic E-state index is -4.75. The van der Waals surface area contributed by atoms with E-state index in [1.807, 2.05) is 4.90 Å². The van der Waals surface area contributed by atoms with Crippen LogP contribution in [0.2, 0.25) is 0 Å². The first-order valence-corrected chi connectivity index (χ1v) is 13.6. The summed E-state index contributed by atoms with van der Waals surface area (Å²) in [7, 11) is -4.28. The minimum Gasteiger partial charge on any atom is -0.354 e. The van der Waals surface area contributed by atoms with Crippen molar-refractivity contribution < 1.29 is 26.4 Å². The lowest BCUT2D eigenvalue weighted by molar-refractivity contribution is -0.140. The number of hydrogen-bond acceptors (Lipinski definition) is 4. The van der Waals surface area contributed by atoms with Crippen LogP contribution in [0.1, 0.15) is 44.1 Å². The monoisotopic (exact) mass is 499 g/mol. The van der Waals surface area contributed by atoms with E-state index in [9.17, 15) is 26.4 Å². The van der Waals surface area contributed by atoms with Gasteiger partial charge in [-0.2, -0.15) is 17.5 Å². The number of piperazine rings is 1. The Kier molecular flexibility index (Phi) is 6.21. The Balaban J connectivity index is 1.14. The Bertz CT molecular complexity index is 1000. The van der Waals surface area contributed by atoms with Crippen molar-refractivity contribution in [2.45, 2.75) is 49.6 Å². The van der Waals surface area contributed by atoms with Gasteiger partial charge in [-0.3, -0.25) is 9.69 Å². The number of rotatable bonds is 6. The Hall–Kier alpha value is -1.65. The van der Waals surface area contributed by atoms with Gasteiger partial charge < -0.3 is 5.32 Å². The average Bonchev–Trinajstić information content (AvgIpc) is 2.77. The predicted molar refractivity (Wildman–Crippen MR) is 120 cm³/mol. The van der Waals surface area contributed by atoms with Crippen LogP contribution >= 0.6 is 0 Å². The molecule has 0 atom stereocenters. The molecule has 1 heterocycles. The van der Waals surface area contributed by atoms with E-state index in [4.69, 9.17) is 0 Å². The normalized spacial score (nSPS) is 32.1. The van der Waals surface area contributed by atoms with Crippen molar-refractivity contribution in [3.8, 4) is 0 Å². The van der Waals surface area contributed by atoms with Gasteiger partial charge in [-0.15, -0.1) is 0 Å². The number of amides is 1. The largest absolute Gasteiger partial charge is 0.417 e. The summed E-state index contributed by atoms with van der Waals surface area (Å²) in [6.45, 7) is 1.61. The van der Waals surface area contributed by atoms with Gasteiger partial charge in [-0.25, -0.2) is 8.42 Å². The highest BCUT2D eigenvalue weighted by atomic mass is 32.2. The number of sulfonamides is 1. The fourth-order valence-electron chi connectivity index (χ4n) is 7.24. The van der Waals surface area contributed by atoms with Crippen LogP contribution in [-0.4, -0.2) is 62.8 Å². The maximum Gasteiger partial charge on any atom is 0.417 e. The second-order valence-electron chi connectivity index (χ2n) is 10.9. The van der Waals surface area contributed by atoms with Crippen molar-refractivity contribution in [1.29, 1.82) is 0 Å². The fraction of sp³-hybridized carbons (Fsp3) is 0.708. The number of benzene rings is 1. The van der Waals surface area contributed by atoms with Gasteiger partial charge in [0.1, 0.15) is 0 Å². The molecule has 188 valence electrons. The SMILES string of the molecule is O=C(CN1CCN(S(=O)(=O)c2ccccc2C(F)(F)F)CC1)NCC12CC3CC(CC(C3)C1)C2. The third-order valence-corrected chi connectivity index (χ3v) is 10.3. The first-order valence-electron chi connectivity index (χ1n) is 12.2. The van der Waals surface area contributed by atoms with Crippen LogP contribution in [0.5, 0.6) is 0 Å². The number of alkyl halides is 3. The molecule has 1 saturated heterocycles. The molecule has 6 rings (SSSR count). The molecule has 5 fully saturated rings. The molecular weight excluding hydrogens is 467 g/mol. The lowest BCUT2D eigenvalue weighted by Gasteiger charge is -2.57. The highest BCUT2D eigenvalue weighted by Gasteiger charge is 2.50. The number of halogens is 3. The van der Waals surface area contributed by atoms with Crippen LogP contribution in [0.15, 0.2) is 29.2 Å². The summed E-state index contributed by atoms with van der Waals surface area (Å²) in [5, 5.41) is 3.14. The van der Waals surface area contributed by atoms with Crippen LogP contribution in [-0.2, 0) is 21.0 Å². The quantitative estimate of drug-likeness (QED) is 0.652. The van der Waals surface area contributed by atoms with Crippen molar-refractivity contribution in [2.24, 2.45) is 23.2 Å². The lowest BCUT2D eigenvalue weighted by atomic mass is 9.49. The molecule has 1 aromatic carbocycles. The summed E-state index contributed by atoms with van der Waals surface area (Å²) in [6, 6.07) is 4.27. The molecule has 34 heavy (non-hydrogen) atoms. The summed E-state index contributed by atoms with van der Waals surface area (Å²) < 4.78 is 66.9. The second-order valence-corrected chi connectivity index (χ2v) is 12.8. The maximum atomic E-state index is 13.3. The highest BCUT2D eigenvalue weighted by Crippen LogP contribution is 2.59. The van der Waals surface area contributed by atoms with Crippen molar-refractivity contribution >= 4 is 15.9 Å². The van der Waals surface area contributed by atoms with Gasteiger partial charge in [0.25, 0.3) is 0 Å². The zero-order valence-corrected chi connectivity index (χ0v) is 20.0. The van der Waals surface area contributed by atoms with E-state index in [0.717, 1.165) is 40.7 Å². The van der Waals surface area contributed by atoms with E-state index in [0.29, 0.717) is 13.1 Å². The lowest BCUT2D eigenvalue weighted by Crippen LogP contribution is -2.54. The van der Waals surface area contributed by atoms with Gasteiger partial charge in [0, 0.05) is 32.7 Å². The smallest absolute Gasteiger partial charge is 0.354 e. The first-order chi connectivity index (χ1) is 16.0. The van der Waals surface area contributed by atoms with Gasteiger partial charge in [-0.1, -0.05) is 12.1 Å². The standard InChI is InChI=1S/C24H32F3N3O3S/c25-24(26,27)20-3-1-2-4-21(20)34(32,33)30-7-5-29(6-8-30)15-22(31)28-16-23-12-17-9-18(13-23)11-19(10-17)14-23/h1-4,17-19H,5-16H2,(H,28,31). The Morgan fingerprint density at radius 2 is 1.53 bits per heavy atom.